The lowest BCUT2D eigenvalue weighted by Gasteiger charge is -2.15. The molecule has 0 amide bonds. The maximum absolute atomic E-state index is 5.83. The van der Waals surface area contributed by atoms with Crippen LogP contribution in [0.15, 0.2) is 29.3 Å². The Hall–Kier alpha value is -2.19. The van der Waals surface area contributed by atoms with Crippen molar-refractivity contribution in [1.82, 2.24) is 19.7 Å². The van der Waals surface area contributed by atoms with Crippen LogP contribution in [0.3, 0.4) is 0 Å². The third-order valence-corrected chi connectivity index (χ3v) is 5.56. The average molecular weight is 345 g/mol. The molecule has 24 heavy (non-hydrogen) atoms. The van der Waals surface area contributed by atoms with E-state index in [0.717, 1.165) is 34.9 Å². The molecule has 0 spiro atoms. The average Bonchev–Trinajstić information content (AvgIpc) is 3.19. The van der Waals surface area contributed by atoms with Gasteiger partial charge in [-0.25, -0.2) is 4.98 Å². The molecule has 0 aliphatic heterocycles. The van der Waals surface area contributed by atoms with Gasteiger partial charge in [0.2, 0.25) is 6.39 Å². The van der Waals surface area contributed by atoms with Crippen LogP contribution < -0.4 is 5.32 Å². The molecular formula is C16H23N5O2Si. The Morgan fingerprint density at radius 1 is 1.33 bits per heavy atom. The summed E-state index contributed by atoms with van der Waals surface area (Å²) < 4.78 is 13.1. The predicted molar refractivity (Wildman–Crippen MR) is 96.7 cm³/mol. The highest BCUT2D eigenvalue weighted by Gasteiger charge is 2.16. The summed E-state index contributed by atoms with van der Waals surface area (Å²) >= 11 is 0. The molecule has 0 fully saturated rings. The number of ether oxygens (including phenoxy) is 1. The van der Waals surface area contributed by atoms with Crippen molar-refractivity contribution >= 4 is 24.8 Å². The molecule has 3 rings (SSSR count). The van der Waals surface area contributed by atoms with Crippen LogP contribution in [-0.2, 0) is 11.5 Å². The normalized spacial score (nSPS) is 12.0. The molecule has 0 unspecified atom stereocenters. The molecule has 0 radical (unpaired) electrons. The zero-order valence-corrected chi connectivity index (χ0v) is 15.5. The standard InChI is InChI=1S/C16H23N5O2Si/c1-17-14-12-5-6-21(11-22-7-8-24(2,3)4)15(12)18-9-13(14)16-20-19-10-23-16/h5-6,9-10H,7-8,11H2,1-4H3,(H,17,18). The summed E-state index contributed by atoms with van der Waals surface area (Å²) in [6.45, 7) is 8.34. The largest absolute Gasteiger partial charge is 0.423 e. The third kappa shape index (κ3) is 3.49. The summed E-state index contributed by atoms with van der Waals surface area (Å²) in [5.74, 6) is 0.452. The first kappa shape index (κ1) is 16.7. The Morgan fingerprint density at radius 3 is 2.83 bits per heavy atom. The summed E-state index contributed by atoms with van der Waals surface area (Å²) in [6.07, 6.45) is 5.06. The Labute approximate surface area is 142 Å². The molecule has 7 nitrogen and oxygen atoms in total. The molecule has 3 aromatic heterocycles. The number of nitrogens with one attached hydrogen (secondary N) is 1. The summed E-state index contributed by atoms with van der Waals surface area (Å²) in [5.41, 5.74) is 2.58. The van der Waals surface area contributed by atoms with Crippen LogP contribution in [-0.4, -0.2) is 41.5 Å². The number of pyridine rings is 1. The van der Waals surface area contributed by atoms with Gasteiger partial charge in [0.05, 0.1) is 11.3 Å². The molecule has 128 valence electrons. The van der Waals surface area contributed by atoms with E-state index >= 15 is 0 Å². The highest BCUT2D eigenvalue weighted by atomic mass is 28.3. The van der Waals surface area contributed by atoms with Crippen molar-refractivity contribution in [2.75, 3.05) is 19.0 Å². The molecule has 8 heteroatoms. The maximum atomic E-state index is 5.83. The van der Waals surface area contributed by atoms with Gasteiger partial charge in [0.15, 0.2) is 0 Å². The SMILES string of the molecule is CNc1c(-c2nnco2)cnc2c1ccn2COCC[Si](C)(C)C. The quantitative estimate of drug-likeness (QED) is 0.522. The van der Waals surface area contributed by atoms with Crippen molar-refractivity contribution in [1.29, 1.82) is 0 Å². The van der Waals surface area contributed by atoms with Gasteiger partial charge >= 0.3 is 0 Å². The number of aromatic nitrogens is 4. The van der Waals surface area contributed by atoms with Gasteiger partial charge in [-0.05, 0) is 12.1 Å². The van der Waals surface area contributed by atoms with E-state index < -0.39 is 8.07 Å². The first-order valence-corrected chi connectivity index (χ1v) is 11.7. The fourth-order valence-electron chi connectivity index (χ4n) is 2.51. The molecule has 0 aliphatic carbocycles. The number of rotatable bonds is 7. The van der Waals surface area contributed by atoms with Crippen molar-refractivity contribution in [3.63, 3.8) is 0 Å². The number of nitrogens with zero attached hydrogens (tertiary/aromatic N) is 4. The molecule has 1 N–H and O–H groups in total. The third-order valence-electron chi connectivity index (χ3n) is 3.86. The number of anilines is 1. The van der Waals surface area contributed by atoms with Crippen LogP contribution in [0.2, 0.25) is 25.7 Å². The van der Waals surface area contributed by atoms with Crippen molar-refractivity contribution < 1.29 is 9.15 Å². The zero-order valence-electron chi connectivity index (χ0n) is 14.5. The zero-order chi connectivity index (χ0) is 17.2. The Balaban J connectivity index is 1.82. The van der Waals surface area contributed by atoms with Crippen LogP contribution >= 0.6 is 0 Å². The lowest BCUT2D eigenvalue weighted by Crippen LogP contribution is -2.22. The van der Waals surface area contributed by atoms with Gasteiger partial charge in [0.1, 0.15) is 12.4 Å². The fraction of sp³-hybridized carbons (Fsp3) is 0.438. The molecule has 0 bridgehead atoms. The first-order valence-electron chi connectivity index (χ1n) is 7.99. The van der Waals surface area contributed by atoms with E-state index in [2.05, 4.69) is 40.1 Å². The van der Waals surface area contributed by atoms with Gasteiger partial charge in [-0.15, -0.1) is 10.2 Å². The maximum Gasteiger partial charge on any atom is 0.251 e. The molecule has 0 saturated heterocycles. The molecule has 0 aliphatic rings. The summed E-state index contributed by atoms with van der Waals surface area (Å²) in [4.78, 5) is 4.56. The van der Waals surface area contributed by atoms with Gasteiger partial charge in [-0.3, -0.25) is 0 Å². The monoisotopic (exact) mass is 345 g/mol. The van der Waals surface area contributed by atoms with E-state index in [1.165, 1.54) is 6.39 Å². The van der Waals surface area contributed by atoms with E-state index in [9.17, 15) is 0 Å². The minimum absolute atomic E-state index is 0.452. The van der Waals surface area contributed by atoms with Gasteiger partial charge in [0.25, 0.3) is 5.89 Å². The minimum atomic E-state index is -1.07. The second-order valence-corrected chi connectivity index (χ2v) is 12.5. The summed E-state index contributed by atoms with van der Waals surface area (Å²) in [5, 5.41) is 11.9. The fourth-order valence-corrected chi connectivity index (χ4v) is 3.26. The molecule has 3 heterocycles. The molecule has 3 aromatic rings. The van der Waals surface area contributed by atoms with Gasteiger partial charge in [-0.2, -0.15) is 0 Å². The second kappa shape index (κ2) is 6.74. The molecule has 0 saturated carbocycles. The van der Waals surface area contributed by atoms with E-state index in [1.807, 2.05) is 23.9 Å². The van der Waals surface area contributed by atoms with Crippen LogP contribution in [0, 0.1) is 0 Å². The minimum Gasteiger partial charge on any atom is -0.423 e. The lowest BCUT2D eigenvalue weighted by atomic mass is 10.2. The Morgan fingerprint density at radius 2 is 2.17 bits per heavy atom. The number of fused-ring (bicyclic) bond motifs is 1. The van der Waals surface area contributed by atoms with Crippen LogP contribution in [0.1, 0.15) is 0 Å². The van der Waals surface area contributed by atoms with E-state index in [-0.39, 0.29) is 0 Å². The lowest BCUT2D eigenvalue weighted by molar-refractivity contribution is 0.0899. The summed E-state index contributed by atoms with van der Waals surface area (Å²) in [6, 6.07) is 3.18. The Kier molecular flexibility index (Phi) is 4.68. The number of hydrogen-bond donors (Lipinski definition) is 1. The van der Waals surface area contributed by atoms with Crippen LogP contribution in [0.25, 0.3) is 22.5 Å². The molecule has 0 aromatic carbocycles. The predicted octanol–water partition coefficient (Wildman–Crippen LogP) is 3.44. The molecule has 0 atom stereocenters. The van der Waals surface area contributed by atoms with Gasteiger partial charge < -0.3 is 19.0 Å². The first-order chi connectivity index (χ1) is 11.5. The van der Waals surface area contributed by atoms with Crippen molar-refractivity contribution in [2.45, 2.75) is 32.4 Å². The topological polar surface area (TPSA) is 78.0 Å². The van der Waals surface area contributed by atoms with Crippen LogP contribution in [0.5, 0.6) is 0 Å². The smallest absolute Gasteiger partial charge is 0.251 e. The summed E-state index contributed by atoms with van der Waals surface area (Å²) in [7, 11) is 0.802. The van der Waals surface area contributed by atoms with E-state index in [4.69, 9.17) is 9.15 Å². The van der Waals surface area contributed by atoms with E-state index in [1.54, 1.807) is 6.20 Å². The second-order valence-electron chi connectivity index (χ2n) is 6.91. The van der Waals surface area contributed by atoms with Crippen molar-refractivity contribution in [2.24, 2.45) is 0 Å². The molecular weight excluding hydrogens is 322 g/mol. The van der Waals surface area contributed by atoms with Gasteiger partial charge in [0, 0.05) is 39.5 Å². The highest BCUT2D eigenvalue weighted by molar-refractivity contribution is 6.76. The van der Waals surface area contributed by atoms with E-state index in [0.29, 0.717) is 12.6 Å². The highest BCUT2D eigenvalue weighted by Crippen LogP contribution is 2.32. The Bertz CT molecular complexity index is 808. The van der Waals surface area contributed by atoms with Crippen LogP contribution in [0.4, 0.5) is 5.69 Å². The van der Waals surface area contributed by atoms with Crippen molar-refractivity contribution in [3.05, 3.63) is 24.9 Å². The van der Waals surface area contributed by atoms with Crippen molar-refractivity contribution in [3.8, 4) is 11.5 Å². The van der Waals surface area contributed by atoms with Gasteiger partial charge in [-0.1, -0.05) is 19.6 Å². The number of hydrogen-bond acceptors (Lipinski definition) is 6.